The Labute approximate surface area is 107 Å². The topological polar surface area (TPSA) is 55.1 Å². The molecular weight excluding hydrogens is 272 g/mol. The zero-order chi connectivity index (χ0) is 14.0. The molecule has 1 aliphatic carbocycles. The number of thiocarbonyl (C=S) groups is 1. The van der Waals surface area contributed by atoms with E-state index < -0.39 is 30.2 Å². The third-order valence-electron chi connectivity index (χ3n) is 3.17. The first-order valence-electron chi connectivity index (χ1n) is 5.46. The molecule has 0 aromatic heterocycles. The molecule has 1 aliphatic rings. The molecule has 0 bridgehead atoms. The normalized spacial score (nSPS) is 18.9. The highest BCUT2D eigenvalue weighted by molar-refractivity contribution is 7.80. The Morgan fingerprint density at radius 1 is 1.39 bits per heavy atom. The van der Waals surface area contributed by atoms with Crippen LogP contribution in [0.25, 0.3) is 0 Å². The van der Waals surface area contributed by atoms with Gasteiger partial charge in [0.25, 0.3) is 0 Å². The van der Waals surface area contributed by atoms with E-state index in [0.29, 0.717) is 25.7 Å². The lowest BCUT2D eigenvalue weighted by Gasteiger charge is -2.27. The number of alkyl halides is 4. The highest BCUT2D eigenvalue weighted by Gasteiger charge is 2.46. The molecule has 0 heterocycles. The lowest BCUT2D eigenvalue weighted by Crippen LogP contribution is -2.51. The Hall–Kier alpha value is -0.920. The Kier molecular flexibility index (Phi) is 4.52. The van der Waals surface area contributed by atoms with Crippen molar-refractivity contribution in [3.8, 4) is 0 Å². The molecule has 18 heavy (non-hydrogen) atoms. The lowest BCUT2D eigenvalue weighted by atomic mass is 9.85. The van der Waals surface area contributed by atoms with Crippen LogP contribution in [0.15, 0.2) is 0 Å². The summed E-state index contributed by atoms with van der Waals surface area (Å²) >= 11 is 4.78. The Morgan fingerprint density at radius 3 is 2.28 bits per heavy atom. The molecule has 1 saturated carbocycles. The first kappa shape index (κ1) is 15.1. The minimum atomic E-state index is -4.24. The van der Waals surface area contributed by atoms with Gasteiger partial charge in [-0.2, -0.15) is 8.78 Å². The van der Waals surface area contributed by atoms with Gasteiger partial charge in [0.05, 0.1) is 16.9 Å². The summed E-state index contributed by atoms with van der Waals surface area (Å²) in [6.45, 7) is -1.41. The van der Waals surface area contributed by atoms with E-state index in [9.17, 15) is 22.4 Å². The van der Waals surface area contributed by atoms with Gasteiger partial charge in [0.15, 0.2) is 0 Å². The second-order valence-corrected chi connectivity index (χ2v) is 4.84. The monoisotopic (exact) mass is 286 g/mol. The van der Waals surface area contributed by atoms with Gasteiger partial charge < -0.3 is 11.1 Å². The van der Waals surface area contributed by atoms with Gasteiger partial charge in [0, 0.05) is 0 Å². The third kappa shape index (κ3) is 2.90. The summed E-state index contributed by atoms with van der Waals surface area (Å²) in [6, 6.07) is 0. The summed E-state index contributed by atoms with van der Waals surface area (Å²) in [5.41, 5.74) is 4.31. The van der Waals surface area contributed by atoms with Crippen LogP contribution in [-0.4, -0.2) is 29.8 Å². The first-order chi connectivity index (χ1) is 8.22. The fraction of sp³-hybridized carbons (Fsp3) is 0.800. The lowest BCUT2D eigenvalue weighted by molar-refractivity contribution is -0.140. The Balaban J connectivity index is 2.67. The van der Waals surface area contributed by atoms with Crippen LogP contribution in [0, 0.1) is 5.41 Å². The number of hydrogen-bond donors (Lipinski definition) is 2. The Morgan fingerprint density at radius 2 is 1.89 bits per heavy atom. The molecule has 0 aromatic carbocycles. The summed E-state index contributed by atoms with van der Waals surface area (Å²) in [5, 5.41) is 1.83. The molecule has 1 rings (SSSR count). The predicted molar refractivity (Wildman–Crippen MR) is 61.6 cm³/mol. The van der Waals surface area contributed by atoms with E-state index in [0.717, 1.165) is 0 Å². The van der Waals surface area contributed by atoms with Crippen LogP contribution in [0.3, 0.4) is 0 Å². The zero-order valence-corrected chi connectivity index (χ0v) is 10.3. The van der Waals surface area contributed by atoms with Crippen molar-refractivity contribution >= 4 is 23.1 Å². The summed E-state index contributed by atoms with van der Waals surface area (Å²) in [7, 11) is 0. The largest absolute Gasteiger partial charge is 0.392 e. The quantitative estimate of drug-likeness (QED) is 0.599. The minimum Gasteiger partial charge on any atom is -0.392 e. The number of halogens is 4. The molecule has 0 aromatic rings. The highest BCUT2D eigenvalue weighted by atomic mass is 32.1. The van der Waals surface area contributed by atoms with Gasteiger partial charge in [-0.25, -0.2) is 8.78 Å². The van der Waals surface area contributed by atoms with Crippen LogP contribution in [0.1, 0.15) is 25.7 Å². The van der Waals surface area contributed by atoms with Crippen molar-refractivity contribution in [3.05, 3.63) is 0 Å². The number of nitrogens with two attached hydrogens (primary N) is 1. The molecule has 1 amide bonds. The maximum absolute atomic E-state index is 12.7. The van der Waals surface area contributed by atoms with E-state index in [1.54, 1.807) is 0 Å². The molecule has 0 spiro atoms. The van der Waals surface area contributed by atoms with Crippen molar-refractivity contribution < 1.29 is 22.4 Å². The summed E-state index contributed by atoms with van der Waals surface area (Å²) in [6.07, 6.45) is -1.67. The molecule has 0 saturated heterocycles. The first-order valence-corrected chi connectivity index (χ1v) is 5.87. The molecule has 1 fully saturated rings. The van der Waals surface area contributed by atoms with Crippen molar-refractivity contribution in [2.24, 2.45) is 11.1 Å². The fourth-order valence-electron chi connectivity index (χ4n) is 2.01. The van der Waals surface area contributed by atoms with E-state index in [-0.39, 0.29) is 4.99 Å². The van der Waals surface area contributed by atoms with E-state index >= 15 is 0 Å². The molecule has 3 nitrogen and oxygen atoms in total. The van der Waals surface area contributed by atoms with Crippen molar-refractivity contribution in [3.63, 3.8) is 0 Å². The summed E-state index contributed by atoms with van der Waals surface area (Å²) < 4.78 is 49.3. The van der Waals surface area contributed by atoms with E-state index in [4.69, 9.17) is 18.0 Å². The van der Waals surface area contributed by atoms with Crippen LogP contribution in [0.2, 0.25) is 0 Å². The molecule has 0 aliphatic heterocycles. The number of carbonyl (C=O) groups excluding carboxylic acids is 1. The smallest absolute Gasteiger partial charge is 0.324 e. The number of nitrogens with one attached hydrogen (secondary N) is 1. The van der Waals surface area contributed by atoms with Crippen LogP contribution >= 0.6 is 12.2 Å². The van der Waals surface area contributed by atoms with Crippen molar-refractivity contribution in [1.82, 2.24) is 5.32 Å². The van der Waals surface area contributed by atoms with Crippen molar-refractivity contribution in [2.75, 3.05) is 6.54 Å². The molecule has 8 heteroatoms. The number of rotatable bonds is 5. The molecule has 0 unspecified atom stereocenters. The molecule has 104 valence electrons. The molecule has 0 atom stereocenters. The van der Waals surface area contributed by atoms with Gasteiger partial charge in [0.1, 0.15) is 0 Å². The van der Waals surface area contributed by atoms with Crippen molar-refractivity contribution in [2.45, 2.75) is 38.0 Å². The van der Waals surface area contributed by atoms with E-state index in [1.165, 1.54) is 0 Å². The average Bonchev–Trinajstić information content (AvgIpc) is 2.76. The van der Waals surface area contributed by atoms with Crippen LogP contribution < -0.4 is 11.1 Å². The zero-order valence-electron chi connectivity index (χ0n) is 9.52. The summed E-state index contributed by atoms with van der Waals surface area (Å²) in [5.74, 6) is -5.03. The summed E-state index contributed by atoms with van der Waals surface area (Å²) in [4.78, 5) is 11.7. The van der Waals surface area contributed by atoms with Gasteiger partial charge in [-0.15, -0.1) is 0 Å². The standard InChI is InChI=1S/C10H14F4N2OS/c11-6(12)10(13,14)5-16-8(17)9(7(15)18)3-1-2-4-9/h6H,1-5H2,(H2,15,18)(H,16,17). The number of amides is 1. The maximum Gasteiger partial charge on any atom is 0.324 e. The third-order valence-corrected chi connectivity index (χ3v) is 3.56. The minimum absolute atomic E-state index is 0.0714. The van der Waals surface area contributed by atoms with Crippen LogP contribution in [-0.2, 0) is 4.79 Å². The highest BCUT2D eigenvalue weighted by Crippen LogP contribution is 2.38. The van der Waals surface area contributed by atoms with E-state index in [2.05, 4.69) is 0 Å². The Bertz CT molecular complexity index is 343. The second-order valence-electron chi connectivity index (χ2n) is 4.40. The second kappa shape index (κ2) is 5.38. The van der Waals surface area contributed by atoms with E-state index in [1.807, 2.05) is 5.32 Å². The van der Waals surface area contributed by atoms with Gasteiger partial charge in [0.2, 0.25) is 5.91 Å². The average molecular weight is 286 g/mol. The number of hydrogen-bond acceptors (Lipinski definition) is 2. The molecule has 3 N–H and O–H groups in total. The van der Waals surface area contributed by atoms with Crippen LogP contribution in [0.4, 0.5) is 17.6 Å². The predicted octanol–water partition coefficient (Wildman–Crippen LogP) is 1.85. The number of carbonyl (C=O) groups is 1. The van der Waals surface area contributed by atoms with Gasteiger partial charge in [-0.05, 0) is 12.8 Å². The maximum atomic E-state index is 12.7. The van der Waals surface area contributed by atoms with Crippen molar-refractivity contribution in [1.29, 1.82) is 0 Å². The molecular formula is C10H14F4N2OS. The van der Waals surface area contributed by atoms with Gasteiger partial charge in [-0.1, -0.05) is 25.1 Å². The SMILES string of the molecule is NC(=S)C1(C(=O)NCC(F)(F)C(F)F)CCCC1. The molecule has 0 radical (unpaired) electrons. The fourth-order valence-corrected chi connectivity index (χ4v) is 2.31. The van der Waals surface area contributed by atoms with Gasteiger partial charge >= 0.3 is 12.3 Å². The van der Waals surface area contributed by atoms with Gasteiger partial charge in [-0.3, -0.25) is 4.79 Å². The van der Waals surface area contributed by atoms with Crippen LogP contribution in [0.5, 0.6) is 0 Å².